The van der Waals surface area contributed by atoms with Crippen LogP contribution in [0, 0.1) is 17.8 Å². The van der Waals surface area contributed by atoms with Crippen LogP contribution in [0.15, 0.2) is 6.07 Å². The van der Waals surface area contributed by atoms with E-state index in [0.29, 0.717) is 10.3 Å². The molecule has 0 atom stereocenters. The fraction of sp³-hybridized carbons (Fsp3) is 0.667. The first-order valence-corrected chi connectivity index (χ1v) is 6.92. The van der Waals surface area contributed by atoms with E-state index in [9.17, 15) is 0 Å². The maximum atomic E-state index is 5.98. The van der Waals surface area contributed by atoms with E-state index in [1.807, 2.05) is 0 Å². The average Bonchev–Trinajstić information content (AvgIpc) is 3.14. The number of anilines is 1. The monoisotopic (exact) mass is 271 g/mol. The van der Waals surface area contributed by atoms with Gasteiger partial charge in [0.15, 0.2) is 10.3 Å². The first-order valence-electron chi connectivity index (χ1n) is 6.16. The lowest BCUT2D eigenvalue weighted by Gasteiger charge is -2.17. The van der Waals surface area contributed by atoms with E-state index < -0.39 is 0 Å². The Morgan fingerprint density at radius 1 is 1.18 bits per heavy atom. The van der Waals surface area contributed by atoms with Crippen molar-refractivity contribution in [3.05, 3.63) is 16.4 Å². The zero-order valence-corrected chi connectivity index (χ0v) is 11.0. The molecule has 2 saturated carbocycles. The summed E-state index contributed by atoms with van der Waals surface area (Å²) in [4.78, 5) is 0. The van der Waals surface area contributed by atoms with Crippen LogP contribution >= 0.6 is 23.2 Å². The minimum Gasteiger partial charge on any atom is -0.382 e. The predicted octanol–water partition coefficient (Wildman–Crippen LogP) is 3.63. The molecule has 1 N–H and O–H groups in total. The van der Waals surface area contributed by atoms with E-state index >= 15 is 0 Å². The van der Waals surface area contributed by atoms with Crippen LogP contribution in [-0.2, 0) is 0 Å². The van der Waals surface area contributed by atoms with Gasteiger partial charge in [0, 0.05) is 12.6 Å². The number of hydrogen-bond acceptors (Lipinski definition) is 3. The summed E-state index contributed by atoms with van der Waals surface area (Å²) in [6.07, 6.45) is 5.58. The highest BCUT2D eigenvalue weighted by Gasteiger charge is 2.41. The van der Waals surface area contributed by atoms with Gasteiger partial charge in [0.1, 0.15) is 0 Å². The van der Waals surface area contributed by atoms with Crippen LogP contribution in [0.1, 0.15) is 25.7 Å². The molecule has 92 valence electrons. The maximum absolute atomic E-state index is 5.98. The molecular formula is C12H15Cl2N3. The first kappa shape index (κ1) is 11.5. The number of aromatic nitrogens is 2. The van der Waals surface area contributed by atoms with Gasteiger partial charge in [-0.15, -0.1) is 10.2 Å². The molecule has 1 aromatic heterocycles. The van der Waals surface area contributed by atoms with E-state index in [4.69, 9.17) is 23.2 Å². The normalized spacial score (nSPS) is 19.7. The van der Waals surface area contributed by atoms with Crippen molar-refractivity contribution >= 4 is 28.9 Å². The number of nitrogens with one attached hydrogen (secondary N) is 1. The zero-order valence-electron chi connectivity index (χ0n) is 9.50. The molecule has 0 unspecified atom stereocenters. The van der Waals surface area contributed by atoms with Gasteiger partial charge >= 0.3 is 0 Å². The van der Waals surface area contributed by atoms with Gasteiger partial charge in [-0.2, -0.15) is 0 Å². The summed E-state index contributed by atoms with van der Waals surface area (Å²) in [5.41, 5.74) is 0.804. The smallest absolute Gasteiger partial charge is 0.174 e. The zero-order chi connectivity index (χ0) is 11.8. The summed E-state index contributed by atoms with van der Waals surface area (Å²) in [6.45, 7) is 0.983. The van der Waals surface area contributed by atoms with Crippen molar-refractivity contribution in [2.45, 2.75) is 25.7 Å². The number of rotatable bonds is 5. The van der Waals surface area contributed by atoms with Crippen molar-refractivity contribution in [1.82, 2.24) is 10.2 Å². The Morgan fingerprint density at radius 2 is 1.82 bits per heavy atom. The van der Waals surface area contributed by atoms with E-state index in [-0.39, 0.29) is 0 Å². The van der Waals surface area contributed by atoms with Gasteiger partial charge in [0.2, 0.25) is 0 Å². The second-order valence-corrected chi connectivity index (χ2v) is 5.84. The minimum absolute atomic E-state index is 0.381. The lowest BCUT2D eigenvalue weighted by molar-refractivity contribution is 0.428. The topological polar surface area (TPSA) is 37.8 Å². The van der Waals surface area contributed by atoms with Crippen molar-refractivity contribution in [2.75, 3.05) is 11.9 Å². The molecule has 2 aliphatic rings. The SMILES string of the molecule is Clc1cc(NCC(C2CC2)C2CC2)c(Cl)nn1. The Balaban J connectivity index is 1.63. The van der Waals surface area contributed by atoms with Gasteiger partial charge in [-0.25, -0.2) is 0 Å². The summed E-state index contributed by atoms with van der Waals surface area (Å²) in [5.74, 6) is 2.66. The highest BCUT2D eigenvalue weighted by molar-refractivity contribution is 6.33. The lowest BCUT2D eigenvalue weighted by atomic mass is 9.98. The molecule has 0 amide bonds. The third-order valence-electron chi connectivity index (χ3n) is 3.70. The van der Waals surface area contributed by atoms with Gasteiger partial charge < -0.3 is 5.32 Å². The average molecular weight is 272 g/mol. The van der Waals surface area contributed by atoms with Gasteiger partial charge in [-0.3, -0.25) is 0 Å². The van der Waals surface area contributed by atoms with E-state index in [2.05, 4.69) is 15.5 Å². The van der Waals surface area contributed by atoms with Crippen LogP contribution in [0.3, 0.4) is 0 Å². The molecule has 3 rings (SSSR count). The molecule has 1 aromatic rings. The Hall–Kier alpha value is -0.540. The summed E-state index contributed by atoms with van der Waals surface area (Å²) in [6, 6.07) is 1.74. The number of hydrogen-bond donors (Lipinski definition) is 1. The van der Waals surface area contributed by atoms with Gasteiger partial charge in [-0.05, 0) is 43.4 Å². The van der Waals surface area contributed by atoms with Crippen LogP contribution in [0.4, 0.5) is 5.69 Å². The molecule has 0 bridgehead atoms. The Morgan fingerprint density at radius 3 is 2.41 bits per heavy atom. The van der Waals surface area contributed by atoms with E-state index in [1.165, 1.54) is 25.7 Å². The molecule has 0 aromatic carbocycles. The summed E-state index contributed by atoms with van der Waals surface area (Å²) in [5, 5.41) is 11.7. The number of nitrogens with zero attached hydrogens (tertiary/aromatic N) is 2. The summed E-state index contributed by atoms with van der Waals surface area (Å²) >= 11 is 11.8. The first-order chi connectivity index (χ1) is 8.24. The van der Waals surface area contributed by atoms with Gasteiger partial charge in [0.25, 0.3) is 0 Å². The second kappa shape index (κ2) is 4.62. The molecule has 2 fully saturated rings. The lowest BCUT2D eigenvalue weighted by Crippen LogP contribution is -2.18. The molecule has 3 nitrogen and oxygen atoms in total. The molecule has 0 radical (unpaired) electrons. The largest absolute Gasteiger partial charge is 0.382 e. The molecule has 0 spiro atoms. The fourth-order valence-corrected chi connectivity index (χ4v) is 2.78. The Bertz CT molecular complexity index is 404. The molecule has 17 heavy (non-hydrogen) atoms. The highest BCUT2D eigenvalue weighted by Crippen LogP contribution is 2.49. The predicted molar refractivity (Wildman–Crippen MR) is 69.5 cm³/mol. The van der Waals surface area contributed by atoms with Crippen molar-refractivity contribution in [2.24, 2.45) is 17.8 Å². The van der Waals surface area contributed by atoms with Crippen LogP contribution < -0.4 is 5.32 Å². The van der Waals surface area contributed by atoms with Crippen molar-refractivity contribution in [3.63, 3.8) is 0 Å². The van der Waals surface area contributed by atoms with Crippen LogP contribution in [0.2, 0.25) is 10.3 Å². The van der Waals surface area contributed by atoms with Crippen LogP contribution in [0.25, 0.3) is 0 Å². The summed E-state index contributed by atoms with van der Waals surface area (Å²) in [7, 11) is 0. The highest BCUT2D eigenvalue weighted by atomic mass is 35.5. The quantitative estimate of drug-likeness (QED) is 0.889. The van der Waals surface area contributed by atoms with Crippen molar-refractivity contribution < 1.29 is 0 Å². The van der Waals surface area contributed by atoms with Crippen LogP contribution in [-0.4, -0.2) is 16.7 Å². The molecule has 0 aliphatic heterocycles. The molecule has 5 heteroatoms. The Labute approximate surface area is 111 Å². The second-order valence-electron chi connectivity index (χ2n) is 5.09. The van der Waals surface area contributed by atoms with Gasteiger partial charge in [0.05, 0.1) is 5.69 Å². The fourth-order valence-electron chi connectivity index (χ4n) is 2.47. The van der Waals surface area contributed by atoms with E-state index in [1.54, 1.807) is 6.07 Å². The molecular weight excluding hydrogens is 257 g/mol. The van der Waals surface area contributed by atoms with Crippen molar-refractivity contribution in [1.29, 1.82) is 0 Å². The standard InChI is InChI=1S/C12H15Cl2N3/c13-11-5-10(12(14)17-16-11)15-6-9(7-1-2-7)8-3-4-8/h5,7-9H,1-4,6H2,(H,15,16). The van der Waals surface area contributed by atoms with E-state index in [0.717, 1.165) is 30.0 Å². The summed E-state index contributed by atoms with van der Waals surface area (Å²) < 4.78 is 0. The molecule has 0 saturated heterocycles. The molecule has 1 heterocycles. The number of halogens is 2. The minimum atomic E-state index is 0.381. The maximum Gasteiger partial charge on any atom is 0.174 e. The Kier molecular flexibility index (Phi) is 3.14. The van der Waals surface area contributed by atoms with Crippen LogP contribution in [0.5, 0.6) is 0 Å². The van der Waals surface area contributed by atoms with Crippen molar-refractivity contribution in [3.8, 4) is 0 Å². The third-order valence-corrected chi connectivity index (χ3v) is 4.17. The molecule has 2 aliphatic carbocycles. The van der Waals surface area contributed by atoms with Gasteiger partial charge in [-0.1, -0.05) is 23.2 Å². The third kappa shape index (κ3) is 2.83.